The van der Waals surface area contributed by atoms with Crippen molar-refractivity contribution in [3.63, 3.8) is 0 Å². The van der Waals surface area contributed by atoms with E-state index >= 15 is 0 Å². The van der Waals surface area contributed by atoms with E-state index in [1.54, 1.807) is 6.07 Å². The molecule has 2 N–H and O–H groups in total. The standard InChI is InChI=1S/C17H18O4/c1-3-11-10-14(21-17(19)20)16(18)15(13(11)4-2)12-8-6-5-7-9-12/h5-10,18H,3-4H2,1-2H3,(H,19,20). The van der Waals surface area contributed by atoms with E-state index in [-0.39, 0.29) is 11.5 Å². The predicted molar refractivity (Wildman–Crippen MR) is 81.0 cm³/mol. The molecule has 0 unspecified atom stereocenters. The van der Waals surface area contributed by atoms with Gasteiger partial charge in [0.1, 0.15) is 0 Å². The number of carboxylic acid groups (broad SMARTS) is 1. The molecule has 0 heterocycles. The van der Waals surface area contributed by atoms with Gasteiger partial charge in [0, 0.05) is 5.56 Å². The average Bonchev–Trinajstić information content (AvgIpc) is 2.49. The third kappa shape index (κ3) is 2.99. The molecule has 0 fully saturated rings. The highest BCUT2D eigenvalue weighted by Crippen LogP contribution is 2.42. The lowest BCUT2D eigenvalue weighted by Gasteiger charge is -2.17. The summed E-state index contributed by atoms with van der Waals surface area (Å²) in [7, 11) is 0. The van der Waals surface area contributed by atoms with Crippen LogP contribution in [0.1, 0.15) is 25.0 Å². The van der Waals surface area contributed by atoms with E-state index in [4.69, 9.17) is 9.84 Å². The van der Waals surface area contributed by atoms with Crippen LogP contribution in [0.5, 0.6) is 11.5 Å². The number of rotatable bonds is 4. The summed E-state index contributed by atoms with van der Waals surface area (Å²) < 4.78 is 4.72. The van der Waals surface area contributed by atoms with E-state index in [1.807, 2.05) is 44.2 Å². The smallest absolute Gasteiger partial charge is 0.504 e. The van der Waals surface area contributed by atoms with Gasteiger partial charge < -0.3 is 14.9 Å². The summed E-state index contributed by atoms with van der Waals surface area (Å²) in [6.45, 7) is 4.00. The van der Waals surface area contributed by atoms with E-state index < -0.39 is 6.16 Å². The number of ether oxygens (including phenoxy) is 1. The molecule has 0 spiro atoms. The molecule has 21 heavy (non-hydrogen) atoms. The zero-order valence-electron chi connectivity index (χ0n) is 12.1. The van der Waals surface area contributed by atoms with Crippen molar-refractivity contribution in [2.24, 2.45) is 0 Å². The zero-order valence-corrected chi connectivity index (χ0v) is 12.1. The molecule has 4 heteroatoms. The minimum absolute atomic E-state index is 0.0181. The van der Waals surface area contributed by atoms with Crippen LogP contribution in [0.15, 0.2) is 36.4 Å². The van der Waals surface area contributed by atoms with Gasteiger partial charge in [0.05, 0.1) is 0 Å². The van der Waals surface area contributed by atoms with Crippen LogP contribution < -0.4 is 4.74 Å². The van der Waals surface area contributed by atoms with Gasteiger partial charge in [-0.3, -0.25) is 0 Å². The first-order valence-electron chi connectivity index (χ1n) is 6.92. The molecule has 0 saturated heterocycles. The van der Waals surface area contributed by atoms with Gasteiger partial charge >= 0.3 is 6.16 Å². The lowest BCUT2D eigenvalue weighted by molar-refractivity contribution is 0.143. The van der Waals surface area contributed by atoms with Gasteiger partial charge in [0.25, 0.3) is 0 Å². The fraction of sp³-hybridized carbons (Fsp3) is 0.235. The lowest BCUT2D eigenvalue weighted by Crippen LogP contribution is -2.06. The maximum atomic E-state index is 10.8. The molecule has 0 aliphatic carbocycles. The number of aryl methyl sites for hydroxylation is 1. The van der Waals surface area contributed by atoms with Gasteiger partial charge in [-0.05, 0) is 35.6 Å². The minimum Gasteiger partial charge on any atom is -0.504 e. The fourth-order valence-corrected chi connectivity index (χ4v) is 2.55. The topological polar surface area (TPSA) is 66.8 Å². The summed E-state index contributed by atoms with van der Waals surface area (Å²) in [5.41, 5.74) is 3.48. The Morgan fingerprint density at radius 1 is 1.14 bits per heavy atom. The largest absolute Gasteiger partial charge is 0.511 e. The summed E-state index contributed by atoms with van der Waals surface area (Å²) in [6, 6.07) is 11.0. The first-order chi connectivity index (χ1) is 10.1. The third-order valence-electron chi connectivity index (χ3n) is 3.46. The quantitative estimate of drug-likeness (QED) is 0.651. The van der Waals surface area contributed by atoms with Crippen LogP contribution in [-0.2, 0) is 12.8 Å². The molecule has 0 atom stereocenters. The van der Waals surface area contributed by atoms with E-state index in [0.717, 1.165) is 29.5 Å². The number of aromatic hydroxyl groups is 1. The number of phenolic OH excluding ortho intramolecular Hbond substituents is 1. The van der Waals surface area contributed by atoms with Gasteiger partial charge in [-0.1, -0.05) is 44.2 Å². The van der Waals surface area contributed by atoms with Crippen LogP contribution in [0.3, 0.4) is 0 Å². The highest BCUT2D eigenvalue weighted by Gasteiger charge is 2.19. The van der Waals surface area contributed by atoms with Gasteiger partial charge in [-0.15, -0.1) is 0 Å². The summed E-state index contributed by atoms with van der Waals surface area (Å²) in [5.74, 6) is -0.145. The van der Waals surface area contributed by atoms with Crippen molar-refractivity contribution in [2.45, 2.75) is 26.7 Å². The van der Waals surface area contributed by atoms with E-state index in [2.05, 4.69) is 0 Å². The average molecular weight is 286 g/mol. The zero-order chi connectivity index (χ0) is 15.4. The van der Waals surface area contributed by atoms with Crippen molar-refractivity contribution in [1.82, 2.24) is 0 Å². The first kappa shape index (κ1) is 14.9. The van der Waals surface area contributed by atoms with E-state index in [0.29, 0.717) is 5.56 Å². The monoisotopic (exact) mass is 286 g/mol. The molecule has 0 aliphatic rings. The van der Waals surface area contributed by atoms with Gasteiger partial charge in [-0.25, -0.2) is 4.79 Å². The molecular formula is C17H18O4. The maximum absolute atomic E-state index is 10.8. The SMILES string of the molecule is CCc1cc(OC(=O)O)c(O)c(-c2ccccc2)c1CC. The van der Waals surface area contributed by atoms with Crippen molar-refractivity contribution in [3.05, 3.63) is 47.5 Å². The molecule has 0 amide bonds. The second-order valence-electron chi connectivity index (χ2n) is 4.68. The third-order valence-corrected chi connectivity index (χ3v) is 3.46. The Balaban J connectivity index is 2.73. The summed E-state index contributed by atoms with van der Waals surface area (Å²) >= 11 is 0. The Labute approximate surface area is 123 Å². The molecule has 0 aliphatic heterocycles. The van der Waals surface area contributed by atoms with Crippen LogP contribution in [-0.4, -0.2) is 16.4 Å². The molecule has 110 valence electrons. The van der Waals surface area contributed by atoms with Crippen molar-refractivity contribution in [2.75, 3.05) is 0 Å². The Hall–Kier alpha value is -2.49. The molecule has 2 aromatic rings. The second kappa shape index (κ2) is 6.31. The van der Waals surface area contributed by atoms with Crippen LogP contribution in [0.4, 0.5) is 4.79 Å². The maximum Gasteiger partial charge on any atom is 0.511 e. The predicted octanol–water partition coefficient (Wildman–Crippen LogP) is 4.24. The Morgan fingerprint density at radius 3 is 2.33 bits per heavy atom. The minimum atomic E-state index is -1.43. The van der Waals surface area contributed by atoms with Crippen LogP contribution in [0.2, 0.25) is 0 Å². The fourth-order valence-electron chi connectivity index (χ4n) is 2.55. The van der Waals surface area contributed by atoms with Crippen LogP contribution >= 0.6 is 0 Å². The van der Waals surface area contributed by atoms with E-state index in [1.165, 1.54) is 0 Å². The molecule has 0 saturated carbocycles. The number of carbonyl (C=O) groups is 1. The number of benzene rings is 2. The highest BCUT2D eigenvalue weighted by molar-refractivity contribution is 5.79. The molecule has 0 bridgehead atoms. The summed E-state index contributed by atoms with van der Waals surface area (Å²) in [5, 5.41) is 19.2. The van der Waals surface area contributed by atoms with E-state index in [9.17, 15) is 9.90 Å². The number of hydrogen-bond acceptors (Lipinski definition) is 3. The number of hydrogen-bond donors (Lipinski definition) is 2. The molecule has 2 aromatic carbocycles. The Morgan fingerprint density at radius 2 is 1.81 bits per heavy atom. The number of phenols is 1. The van der Waals surface area contributed by atoms with Crippen LogP contribution in [0.25, 0.3) is 11.1 Å². The lowest BCUT2D eigenvalue weighted by atomic mass is 9.91. The second-order valence-corrected chi connectivity index (χ2v) is 4.68. The van der Waals surface area contributed by atoms with Crippen molar-refractivity contribution in [1.29, 1.82) is 0 Å². The van der Waals surface area contributed by atoms with Crippen molar-refractivity contribution < 1.29 is 19.7 Å². The van der Waals surface area contributed by atoms with Gasteiger partial charge in [0.15, 0.2) is 11.5 Å². The Kier molecular flexibility index (Phi) is 4.48. The summed E-state index contributed by atoms with van der Waals surface area (Å²) in [4.78, 5) is 10.8. The normalized spacial score (nSPS) is 10.4. The Bertz CT molecular complexity index is 648. The molecule has 0 radical (unpaired) electrons. The van der Waals surface area contributed by atoms with Crippen molar-refractivity contribution >= 4 is 6.16 Å². The van der Waals surface area contributed by atoms with Crippen LogP contribution in [0, 0.1) is 0 Å². The molecule has 4 nitrogen and oxygen atoms in total. The molecular weight excluding hydrogens is 268 g/mol. The van der Waals surface area contributed by atoms with Gasteiger partial charge in [-0.2, -0.15) is 0 Å². The molecule has 0 aromatic heterocycles. The molecule has 2 rings (SSSR count). The first-order valence-corrected chi connectivity index (χ1v) is 6.92. The van der Waals surface area contributed by atoms with Gasteiger partial charge in [0.2, 0.25) is 0 Å². The van der Waals surface area contributed by atoms with Crippen molar-refractivity contribution in [3.8, 4) is 22.6 Å². The highest BCUT2D eigenvalue weighted by atomic mass is 16.7. The summed E-state index contributed by atoms with van der Waals surface area (Å²) in [6.07, 6.45) is 0.0451.